The summed E-state index contributed by atoms with van der Waals surface area (Å²) in [5, 5.41) is 3.53. The van der Waals surface area contributed by atoms with Crippen LogP contribution >= 0.6 is 27.3 Å². The van der Waals surface area contributed by atoms with Gasteiger partial charge in [-0.25, -0.2) is 0 Å². The van der Waals surface area contributed by atoms with Crippen LogP contribution in [0.3, 0.4) is 0 Å². The van der Waals surface area contributed by atoms with Crippen molar-refractivity contribution in [1.82, 2.24) is 4.98 Å². The largest absolute Gasteiger partial charge is 0.376 e. The van der Waals surface area contributed by atoms with E-state index < -0.39 is 0 Å². The lowest BCUT2D eigenvalue weighted by Gasteiger charge is -2.21. The van der Waals surface area contributed by atoms with Gasteiger partial charge < -0.3 is 10.2 Å². The highest BCUT2D eigenvalue weighted by Gasteiger charge is 2.11. The number of thiazole rings is 1. The number of aromatic nitrogens is 1. The molecule has 2 rings (SSSR count). The standard InChI is InChI=1S/C13H16BrN3S/c1-9(13-7-15-8-18-13)16-11-6-10(14)4-5-12(11)17(2)3/h4-9,16H,1-3H3. The number of hydrogen-bond acceptors (Lipinski definition) is 4. The van der Waals surface area contributed by atoms with E-state index in [2.05, 4.69) is 56.3 Å². The van der Waals surface area contributed by atoms with Gasteiger partial charge in [0.25, 0.3) is 0 Å². The first-order chi connectivity index (χ1) is 8.58. The summed E-state index contributed by atoms with van der Waals surface area (Å²) in [4.78, 5) is 7.46. The fraction of sp³-hybridized carbons (Fsp3) is 0.308. The summed E-state index contributed by atoms with van der Waals surface area (Å²) in [6.07, 6.45) is 1.91. The second kappa shape index (κ2) is 5.71. The molecule has 0 aliphatic carbocycles. The molecule has 0 fully saturated rings. The molecule has 0 aliphatic rings. The van der Waals surface area contributed by atoms with Crippen molar-refractivity contribution < 1.29 is 0 Å². The minimum absolute atomic E-state index is 0.255. The Morgan fingerprint density at radius 1 is 1.39 bits per heavy atom. The van der Waals surface area contributed by atoms with Gasteiger partial charge in [-0.1, -0.05) is 15.9 Å². The number of hydrogen-bond donors (Lipinski definition) is 1. The highest BCUT2D eigenvalue weighted by Crippen LogP contribution is 2.31. The molecule has 0 radical (unpaired) electrons. The van der Waals surface area contributed by atoms with Crippen LogP contribution in [0.5, 0.6) is 0 Å². The third-order valence-corrected chi connectivity index (χ3v) is 4.14. The van der Waals surface area contributed by atoms with E-state index in [9.17, 15) is 0 Å². The van der Waals surface area contributed by atoms with Crippen LogP contribution in [0.15, 0.2) is 34.4 Å². The predicted molar refractivity (Wildman–Crippen MR) is 82.6 cm³/mol. The third kappa shape index (κ3) is 3.03. The van der Waals surface area contributed by atoms with Crippen molar-refractivity contribution >= 4 is 38.6 Å². The zero-order valence-corrected chi connectivity index (χ0v) is 13.0. The van der Waals surface area contributed by atoms with E-state index in [0.29, 0.717) is 0 Å². The molecule has 0 saturated heterocycles. The van der Waals surface area contributed by atoms with Gasteiger partial charge in [0.15, 0.2) is 0 Å². The van der Waals surface area contributed by atoms with Gasteiger partial charge in [-0.05, 0) is 25.1 Å². The normalized spacial score (nSPS) is 12.2. The SMILES string of the molecule is CC(Nc1cc(Br)ccc1N(C)C)c1cncs1. The lowest BCUT2D eigenvalue weighted by Crippen LogP contribution is -2.13. The smallest absolute Gasteiger partial charge is 0.0795 e. The van der Waals surface area contributed by atoms with Gasteiger partial charge in [-0.2, -0.15) is 0 Å². The molecule has 0 spiro atoms. The van der Waals surface area contributed by atoms with Gasteiger partial charge in [-0.15, -0.1) is 11.3 Å². The molecule has 0 amide bonds. The predicted octanol–water partition coefficient (Wildman–Crippen LogP) is 4.14. The maximum Gasteiger partial charge on any atom is 0.0795 e. The number of benzene rings is 1. The molecular formula is C13H16BrN3S. The summed E-state index contributed by atoms with van der Waals surface area (Å²) >= 11 is 5.19. The van der Waals surface area contributed by atoms with Gasteiger partial charge in [0, 0.05) is 29.6 Å². The molecule has 1 N–H and O–H groups in total. The van der Waals surface area contributed by atoms with E-state index in [-0.39, 0.29) is 6.04 Å². The minimum Gasteiger partial charge on any atom is -0.376 e. The van der Waals surface area contributed by atoms with Crippen molar-refractivity contribution in [3.05, 3.63) is 39.3 Å². The molecule has 0 aliphatic heterocycles. The number of halogens is 1. The van der Waals surface area contributed by atoms with E-state index in [4.69, 9.17) is 0 Å². The summed E-state index contributed by atoms with van der Waals surface area (Å²) in [7, 11) is 4.09. The third-order valence-electron chi connectivity index (χ3n) is 2.69. The monoisotopic (exact) mass is 325 g/mol. The molecule has 1 atom stereocenters. The second-order valence-corrected chi connectivity index (χ2v) is 6.16. The Balaban J connectivity index is 2.25. The molecule has 1 heterocycles. The van der Waals surface area contributed by atoms with Crippen LogP contribution in [-0.2, 0) is 0 Å². The Morgan fingerprint density at radius 3 is 2.78 bits per heavy atom. The van der Waals surface area contributed by atoms with E-state index in [1.54, 1.807) is 11.3 Å². The van der Waals surface area contributed by atoms with Crippen molar-refractivity contribution in [3.63, 3.8) is 0 Å². The summed E-state index contributed by atoms with van der Waals surface area (Å²) in [6, 6.07) is 6.52. The number of nitrogens with one attached hydrogen (secondary N) is 1. The highest BCUT2D eigenvalue weighted by molar-refractivity contribution is 9.10. The minimum atomic E-state index is 0.255. The molecular weight excluding hydrogens is 310 g/mol. The van der Waals surface area contributed by atoms with Gasteiger partial charge in [-0.3, -0.25) is 4.98 Å². The van der Waals surface area contributed by atoms with Gasteiger partial charge in [0.05, 0.1) is 22.9 Å². The van der Waals surface area contributed by atoms with E-state index in [0.717, 1.165) is 10.2 Å². The average Bonchev–Trinajstić information content (AvgIpc) is 2.81. The van der Waals surface area contributed by atoms with Crippen LogP contribution in [0, 0.1) is 0 Å². The molecule has 1 unspecified atom stereocenters. The lowest BCUT2D eigenvalue weighted by molar-refractivity contribution is 0.901. The molecule has 2 aromatic rings. The van der Waals surface area contributed by atoms with Crippen LogP contribution in [0.25, 0.3) is 0 Å². The van der Waals surface area contributed by atoms with E-state index in [1.807, 2.05) is 25.8 Å². The fourth-order valence-electron chi connectivity index (χ4n) is 1.76. The summed E-state index contributed by atoms with van der Waals surface area (Å²) < 4.78 is 1.08. The van der Waals surface area contributed by atoms with Crippen molar-refractivity contribution in [2.75, 3.05) is 24.3 Å². The summed E-state index contributed by atoms with van der Waals surface area (Å²) in [5.74, 6) is 0. The maximum atomic E-state index is 4.12. The first kappa shape index (κ1) is 13.4. The number of nitrogens with zero attached hydrogens (tertiary/aromatic N) is 2. The molecule has 5 heteroatoms. The molecule has 3 nitrogen and oxygen atoms in total. The van der Waals surface area contributed by atoms with Crippen LogP contribution in [0.2, 0.25) is 0 Å². The quantitative estimate of drug-likeness (QED) is 0.915. The zero-order chi connectivity index (χ0) is 13.1. The Hall–Kier alpha value is -1.07. The number of anilines is 2. The van der Waals surface area contributed by atoms with Crippen LogP contribution in [-0.4, -0.2) is 19.1 Å². The Bertz CT molecular complexity index is 511. The topological polar surface area (TPSA) is 28.2 Å². The van der Waals surface area contributed by atoms with Gasteiger partial charge in [0.1, 0.15) is 0 Å². The first-order valence-corrected chi connectivity index (χ1v) is 7.37. The van der Waals surface area contributed by atoms with Crippen molar-refractivity contribution in [3.8, 4) is 0 Å². The lowest BCUT2D eigenvalue weighted by atomic mass is 10.2. The van der Waals surface area contributed by atoms with E-state index in [1.165, 1.54) is 10.6 Å². The second-order valence-electron chi connectivity index (χ2n) is 4.33. The molecule has 0 saturated carbocycles. The van der Waals surface area contributed by atoms with Crippen molar-refractivity contribution in [2.45, 2.75) is 13.0 Å². The Kier molecular flexibility index (Phi) is 4.24. The van der Waals surface area contributed by atoms with Crippen molar-refractivity contribution in [2.24, 2.45) is 0 Å². The Morgan fingerprint density at radius 2 is 2.17 bits per heavy atom. The Labute approximate surface area is 120 Å². The highest BCUT2D eigenvalue weighted by atomic mass is 79.9. The van der Waals surface area contributed by atoms with Gasteiger partial charge >= 0.3 is 0 Å². The van der Waals surface area contributed by atoms with Crippen LogP contribution in [0.4, 0.5) is 11.4 Å². The fourth-order valence-corrected chi connectivity index (χ4v) is 2.75. The molecule has 1 aromatic heterocycles. The zero-order valence-electron chi connectivity index (χ0n) is 10.6. The first-order valence-electron chi connectivity index (χ1n) is 5.69. The van der Waals surface area contributed by atoms with E-state index >= 15 is 0 Å². The maximum absolute atomic E-state index is 4.12. The molecule has 18 heavy (non-hydrogen) atoms. The van der Waals surface area contributed by atoms with Crippen LogP contribution in [0.1, 0.15) is 17.8 Å². The average molecular weight is 326 g/mol. The molecule has 0 bridgehead atoms. The molecule has 96 valence electrons. The molecule has 1 aromatic carbocycles. The van der Waals surface area contributed by atoms with Crippen molar-refractivity contribution in [1.29, 1.82) is 0 Å². The number of rotatable bonds is 4. The van der Waals surface area contributed by atoms with Gasteiger partial charge in [0.2, 0.25) is 0 Å². The van der Waals surface area contributed by atoms with Crippen LogP contribution < -0.4 is 10.2 Å². The summed E-state index contributed by atoms with van der Waals surface area (Å²) in [6.45, 7) is 2.15. The summed E-state index contributed by atoms with van der Waals surface area (Å²) in [5.41, 5.74) is 4.16.